The monoisotopic (exact) mass is 231 g/mol. The van der Waals surface area contributed by atoms with Gasteiger partial charge < -0.3 is 9.84 Å². The lowest BCUT2D eigenvalue weighted by molar-refractivity contribution is 0.387. The van der Waals surface area contributed by atoms with Gasteiger partial charge in [0.05, 0.1) is 0 Å². The van der Waals surface area contributed by atoms with Crippen LogP contribution in [-0.4, -0.2) is 16.7 Å². The summed E-state index contributed by atoms with van der Waals surface area (Å²) in [7, 11) is 0. The first-order valence-corrected chi connectivity index (χ1v) is 5.79. The molecule has 1 heterocycles. The molecule has 0 atom stereocenters. The Morgan fingerprint density at radius 1 is 1.18 bits per heavy atom. The van der Waals surface area contributed by atoms with E-state index in [-0.39, 0.29) is 0 Å². The zero-order chi connectivity index (χ0) is 12.1. The lowest BCUT2D eigenvalue weighted by atomic mass is 10.1. The van der Waals surface area contributed by atoms with Gasteiger partial charge in [0.1, 0.15) is 0 Å². The molecule has 0 saturated carbocycles. The largest absolute Gasteiger partial charge is 0.340 e. The van der Waals surface area contributed by atoms with Gasteiger partial charge in [-0.15, -0.1) is 0 Å². The summed E-state index contributed by atoms with van der Waals surface area (Å²) in [5, 5.41) is 7.20. The van der Waals surface area contributed by atoms with E-state index >= 15 is 0 Å². The van der Waals surface area contributed by atoms with Crippen molar-refractivity contribution < 1.29 is 4.52 Å². The van der Waals surface area contributed by atoms with Crippen molar-refractivity contribution in [2.45, 2.75) is 26.8 Å². The van der Waals surface area contributed by atoms with E-state index in [0.29, 0.717) is 5.89 Å². The van der Waals surface area contributed by atoms with Gasteiger partial charge in [0.25, 0.3) is 0 Å². The minimum Gasteiger partial charge on any atom is -0.340 e. The Kier molecular flexibility index (Phi) is 3.88. The number of rotatable bonds is 5. The van der Waals surface area contributed by atoms with Crippen LogP contribution in [0.25, 0.3) is 0 Å². The Bertz CT molecular complexity index is 462. The normalized spacial score (nSPS) is 10.7. The van der Waals surface area contributed by atoms with Crippen LogP contribution in [-0.2, 0) is 13.0 Å². The molecule has 1 aromatic heterocycles. The molecular formula is C13H17N3O. The third-order valence-electron chi connectivity index (χ3n) is 2.54. The van der Waals surface area contributed by atoms with Gasteiger partial charge >= 0.3 is 0 Å². The molecule has 4 heteroatoms. The van der Waals surface area contributed by atoms with Gasteiger partial charge in [-0.3, -0.25) is 0 Å². The van der Waals surface area contributed by atoms with Crippen molar-refractivity contribution in [1.29, 1.82) is 0 Å². The second-order valence-electron chi connectivity index (χ2n) is 4.14. The zero-order valence-corrected chi connectivity index (χ0v) is 10.2. The van der Waals surface area contributed by atoms with Crippen molar-refractivity contribution in [2.24, 2.45) is 0 Å². The Labute approximate surface area is 101 Å². The summed E-state index contributed by atoms with van der Waals surface area (Å²) in [4.78, 5) is 4.15. The van der Waals surface area contributed by atoms with E-state index in [1.807, 2.05) is 0 Å². The maximum absolute atomic E-state index is 4.90. The number of hydrogen-bond acceptors (Lipinski definition) is 4. The van der Waals surface area contributed by atoms with Crippen molar-refractivity contribution in [3.63, 3.8) is 0 Å². The molecule has 2 aromatic rings. The number of nitrogens with one attached hydrogen (secondary N) is 1. The maximum Gasteiger partial charge on any atom is 0.223 e. The molecule has 0 fully saturated rings. The van der Waals surface area contributed by atoms with E-state index < -0.39 is 0 Å². The van der Waals surface area contributed by atoms with Crippen LogP contribution in [0.4, 0.5) is 0 Å². The van der Waals surface area contributed by atoms with Crippen molar-refractivity contribution in [1.82, 2.24) is 15.5 Å². The Morgan fingerprint density at radius 3 is 2.59 bits per heavy atom. The van der Waals surface area contributed by atoms with Gasteiger partial charge in [0.15, 0.2) is 5.82 Å². The number of aromatic nitrogens is 2. The third kappa shape index (κ3) is 3.67. The van der Waals surface area contributed by atoms with Crippen LogP contribution in [0.2, 0.25) is 0 Å². The molecule has 1 aromatic carbocycles. The molecule has 17 heavy (non-hydrogen) atoms. The standard InChI is InChI=1S/C13H17N3O/c1-10-3-5-12(6-4-10)9-14-8-7-13-15-11(2)17-16-13/h3-6,14H,7-9H2,1-2H3. The molecular weight excluding hydrogens is 214 g/mol. The first kappa shape index (κ1) is 11.8. The fraction of sp³-hybridized carbons (Fsp3) is 0.385. The van der Waals surface area contributed by atoms with E-state index in [1.165, 1.54) is 11.1 Å². The molecule has 1 N–H and O–H groups in total. The summed E-state index contributed by atoms with van der Waals surface area (Å²) in [6.45, 7) is 5.62. The fourth-order valence-electron chi connectivity index (χ4n) is 1.58. The number of nitrogens with zero attached hydrogens (tertiary/aromatic N) is 2. The van der Waals surface area contributed by atoms with E-state index in [4.69, 9.17) is 4.52 Å². The fourth-order valence-corrected chi connectivity index (χ4v) is 1.58. The topological polar surface area (TPSA) is 51.0 Å². The highest BCUT2D eigenvalue weighted by Crippen LogP contribution is 2.02. The Balaban J connectivity index is 1.71. The second-order valence-corrected chi connectivity index (χ2v) is 4.14. The summed E-state index contributed by atoms with van der Waals surface area (Å²) in [6.07, 6.45) is 0.795. The molecule has 0 aliphatic rings. The van der Waals surface area contributed by atoms with Crippen LogP contribution in [0.1, 0.15) is 22.8 Å². The zero-order valence-electron chi connectivity index (χ0n) is 10.2. The average molecular weight is 231 g/mol. The summed E-state index contributed by atoms with van der Waals surface area (Å²) in [6, 6.07) is 8.53. The van der Waals surface area contributed by atoms with Crippen LogP contribution < -0.4 is 5.32 Å². The number of benzene rings is 1. The Morgan fingerprint density at radius 2 is 1.94 bits per heavy atom. The van der Waals surface area contributed by atoms with Crippen LogP contribution in [0.3, 0.4) is 0 Å². The van der Waals surface area contributed by atoms with E-state index in [9.17, 15) is 0 Å². The smallest absolute Gasteiger partial charge is 0.223 e. The minimum atomic E-state index is 0.624. The first-order valence-electron chi connectivity index (χ1n) is 5.79. The molecule has 0 amide bonds. The lowest BCUT2D eigenvalue weighted by Crippen LogP contribution is -2.17. The van der Waals surface area contributed by atoms with Crippen LogP contribution in [0.15, 0.2) is 28.8 Å². The molecule has 0 aliphatic carbocycles. The summed E-state index contributed by atoms with van der Waals surface area (Å²) < 4.78 is 4.90. The molecule has 90 valence electrons. The van der Waals surface area contributed by atoms with E-state index in [1.54, 1.807) is 6.92 Å². The lowest BCUT2D eigenvalue weighted by Gasteiger charge is -2.03. The molecule has 2 rings (SSSR count). The molecule has 0 aliphatic heterocycles. The Hall–Kier alpha value is -1.68. The molecule has 0 bridgehead atoms. The summed E-state index contributed by atoms with van der Waals surface area (Å²) in [5.41, 5.74) is 2.58. The van der Waals surface area contributed by atoms with Gasteiger partial charge in [-0.1, -0.05) is 35.0 Å². The number of aryl methyl sites for hydroxylation is 2. The van der Waals surface area contributed by atoms with E-state index in [2.05, 4.69) is 46.6 Å². The van der Waals surface area contributed by atoms with Gasteiger partial charge in [-0.25, -0.2) is 0 Å². The van der Waals surface area contributed by atoms with Gasteiger partial charge in [0, 0.05) is 26.4 Å². The molecule has 4 nitrogen and oxygen atoms in total. The highest BCUT2D eigenvalue weighted by Gasteiger charge is 2.00. The predicted octanol–water partition coefficient (Wildman–Crippen LogP) is 2.02. The second kappa shape index (κ2) is 5.59. The van der Waals surface area contributed by atoms with Crippen LogP contribution in [0.5, 0.6) is 0 Å². The highest BCUT2D eigenvalue weighted by atomic mass is 16.5. The summed E-state index contributed by atoms with van der Waals surface area (Å²) >= 11 is 0. The highest BCUT2D eigenvalue weighted by molar-refractivity contribution is 5.21. The molecule has 0 spiro atoms. The molecule has 0 unspecified atom stereocenters. The van der Waals surface area contributed by atoms with E-state index in [0.717, 1.165) is 25.3 Å². The van der Waals surface area contributed by atoms with Crippen LogP contribution in [0, 0.1) is 13.8 Å². The third-order valence-corrected chi connectivity index (χ3v) is 2.54. The summed E-state index contributed by atoms with van der Waals surface area (Å²) in [5.74, 6) is 1.39. The van der Waals surface area contributed by atoms with Gasteiger partial charge in [-0.05, 0) is 12.5 Å². The quantitative estimate of drug-likeness (QED) is 0.800. The number of hydrogen-bond donors (Lipinski definition) is 1. The SMILES string of the molecule is Cc1ccc(CNCCc2noc(C)n2)cc1. The van der Waals surface area contributed by atoms with Gasteiger partial charge in [-0.2, -0.15) is 4.98 Å². The first-order chi connectivity index (χ1) is 8.24. The minimum absolute atomic E-state index is 0.624. The van der Waals surface area contributed by atoms with Crippen molar-refractivity contribution in [3.05, 3.63) is 47.1 Å². The van der Waals surface area contributed by atoms with Crippen molar-refractivity contribution in [3.8, 4) is 0 Å². The average Bonchev–Trinajstić information content (AvgIpc) is 2.73. The van der Waals surface area contributed by atoms with Crippen LogP contribution >= 0.6 is 0 Å². The van der Waals surface area contributed by atoms with Crippen molar-refractivity contribution >= 4 is 0 Å². The maximum atomic E-state index is 4.90. The molecule has 0 radical (unpaired) electrons. The molecule has 0 saturated heterocycles. The van der Waals surface area contributed by atoms with Gasteiger partial charge in [0.2, 0.25) is 5.89 Å². The van der Waals surface area contributed by atoms with Crippen molar-refractivity contribution in [2.75, 3.05) is 6.54 Å². The predicted molar refractivity (Wildman–Crippen MR) is 65.6 cm³/mol.